The van der Waals surface area contributed by atoms with Gasteiger partial charge in [-0.15, -0.1) is 0 Å². The van der Waals surface area contributed by atoms with Crippen molar-refractivity contribution in [1.29, 1.82) is 0 Å². The summed E-state index contributed by atoms with van der Waals surface area (Å²) in [6.07, 6.45) is -4.33. The van der Waals surface area contributed by atoms with Gasteiger partial charge in [0.1, 0.15) is 0 Å². The van der Waals surface area contributed by atoms with Gasteiger partial charge in [-0.25, -0.2) is 4.98 Å². The highest BCUT2D eigenvalue weighted by Gasteiger charge is 2.29. The summed E-state index contributed by atoms with van der Waals surface area (Å²) in [5.74, 6) is 0. The molecule has 0 aliphatic rings. The summed E-state index contributed by atoms with van der Waals surface area (Å²) in [4.78, 5) is 5.44. The predicted molar refractivity (Wildman–Crippen MR) is 116 cm³/mol. The van der Waals surface area contributed by atoms with Gasteiger partial charge in [-0.1, -0.05) is 36.4 Å². The van der Waals surface area contributed by atoms with E-state index in [0.717, 1.165) is 40.1 Å². The Labute approximate surface area is 176 Å². The summed E-state index contributed by atoms with van der Waals surface area (Å²) in [5, 5.41) is 4.32. The fraction of sp³-hybridized carbons (Fsp3) is 0.0870. The Bertz CT molecular complexity index is 1130. The third-order valence-electron chi connectivity index (χ3n) is 4.49. The molecule has 152 valence electrons. The van der Waals surface area contributed by atoms with Gasteiger partial charge in [0.2, 0.25) is 0 Å². The molecule has 4 aromatic rings. The molecule has 1 heterocycles. The highest BCUT2D eigenvalue weighted by molar-refractivity contribution is 8.00. The molecule has 0 aliphatic carbocycles. The van der Waals surface area contributed by atoms with Crippen LogP contribution < -0.4 is 10.0 Å². The average Bonchev–Trinajstić information content (AvgIpc) is 2.76. The first kappa shape index (κ1) is 20.1. The monoisotopic (exact) mass is 425 g/mol. The van der Waals surface area contributed by atoms with Crippen molar-refractivity contribution in [3.63, 3.8) is 0 Å². The lowest BCUT2D eigenvalue weighted by Crippen LogP contribution is -2.04. The van der Waals surface area contributed by atoms with Crippen molar-refractivity contribution in [1.82, 2.24) is 4.98 Å². The van der Waals surface area contributed by atoms with Crippen molar-refractivity contribution < 1.29 is 13.2 Å². The maximum Gasteiger partial charge on any atom is 0.416 e. The topological polar surface area (TPSA) is 37.0 Å². The Balaban J connectivity index is 1.49. The van der Waals surface area contributed by atoms with Crippen molar-refractivity contribution in [3.05, 3.63) is 96.2 Å². The summed E-state index contributed by atoms with van der Waals surface area (Å²) in [5.41, 5.74) is 2.86. The number of benzene rings is 3. The first-order valence-corrected chi connectivity index (χ1v) is 10.1. The predicted octanol–water partition coefficient (Wildman–Crippen LogP) is 6.98. The zero-order chi connectivity index (χ0) is 21.0. The Kier molecular flexibility index (Phi) is 5.81. The number of hydrogen-bond acceptors (Lipinski definition) is 4. The van der Waals surface area contributed by atoms with Crippen LogP contribution in [0.2, 0.25) is 0 Å². The highest BCUT2D eigenvalue weighted by atomic mass is 32.2. The molecule has 1 aromatic heterocycles. The number of alkyl halides is 3. The van der Waals surface area contributed by atoms with Crippen LogP contribution in [0.15, 0.2) is 89.8 Å². The summed E-state index contributed by atoms with van der Waals surface area (Å²) < 4.78 is 41.4. The van der Waals surface area contributed by atoms with E-state index < -0.39 is 11.7 Å². The van der Waals surface area contributed by atoms with Gasteiger partial charge in [0, 0.05) is 16.0 Å². The molecule has 7 heteroatoms. The van der Waals surface area contributed by atoms with Gasteiger partial charge in [0.05, 0.1) is 29.0 Å². The van der Waals surface area contributed by atoms with Crippen LogP contribution in [-0.4, -0.2) is 4.98 Å². The Morgan fingerprint density at radius 2 is 1.57 bits per heavy atom. The maximum atomic E-state index is 12.7. The van der Waals surface area contributed by atoms with E-state index in [-0.39, 0.29) is 0 Å². The van der Waals surface area contributed by atoms with E-state index in [2.05, 4.69) is 10.0 Å². The van der Waals surface area contributed by atoms with E-state index in [1.165, 1.54) is 24.1 Å². The van der Waals surface area contributed by atoms with E-state index >= 15 is 0 Å². The third kappa shape index (κ3) is 4.86. The maximum absolute atomic E-state index is 12.7. The summed E-state index contributed by atoms with van der Waals surface area (Å²) in [7, 11) is 0. The highest BCUT2D eigenvalue weighted by Crippen LogP contribution is 2.32. The van der Waals surface area contributed by atoms with Gasteiger partial charge in [-0.05, 0) is 60.5 Å². The zero-order valence-electron chi connectivity index (χ0n) is 15.8. The summed E-state index contributed by atoms with van der Waals surface area (Å²) in [6.45, 7) is 0.584. The molecular formula is C23H18F3N3S. The molecule has 30 heavy (non-hydrogen) atoms. The third-order valence-corrected chi connectivity index (χ3v) is 5.32. The SMILES string of the molecule is FC(F)(F)c1ccc(SNc2cccc3ccc(CNc4ccccc4)nc23)cc1. The standard InChI is InChI=1S/C23H18F3N3S/c24-23(25,26)17-10-13-20(14-11-17)30-29-21-8-4-5-16-9-12-19(28-22(16)21)15-27-18-6-2-1-3-7-18/h1-14,27,29H,15H2. The number of aromatic nitrogens is 1. The number of nitrogens with zero attached hydrogens (tertiary/aromatic N) is 1. The van der Waals surface area contributed by atoms with Gasteiger partial charge in [0.25, 0.3) is 0 Å². The minimum Gasteiger partial charge on any atom is -0.379 e. The van der Waals surface area contributed by atoms with Crippen LogP contribution in [0.4, 0.5) is 24.5 Å². The molecule has 0 aliphatic heterocycles. The average molecular weight is 425 g/mol. The normalized spacial score (nSPS) is 11.4. The van der Waals surface area contributed by atoms with Gasteiger partial charge >= 0.3 is 6.18 Å². The molecule has 0 fully saturated rings. The molecule has 0 atom stereocenters. The number of anilines is 2. The number of fused-ring (bicyclic) bond motifs is 1. The lowest BCUT2D eigenvalue weighted by molar-refractivity contribution is -0.137. The molecule has 3 nitrogen and oxygen atoms in total. The molecule has 0 bridgehead atoms. The number of rotatable bonds is 6. The molecular weight excluding hydrogens is 407 g/mol. The van der Waals surface area contributed by atoms with Crippen molar-refractivity contribution in [2.45, 2.75) is 17.6 Å². The fourth-order valence-corrected chi connectivity index (χ4v) is 3.61. The van der Waals surface area contributed by atoms with Crippen molar-refractivity contribution >= 4 is 34.2 Å². The van der Waals surface area contributed by atoms with Gasteiger partial charge < -0.3 is 10.0 Å². The number of pyridine rings is 1. The summed E-state index contributed by atoms with van der Waals surface area (Å²) in [6, 6.07) is 24.7. The van der Waals surface area contributed by atoms with E-state index in [1.807, 2.05) is 60.7 Å². The first-order valence-electron chi connectivity index (χ1n) is 9.27. The van der Waals surface area contributed by atoms with Crippen LogP contribution in [-0.2, 0) is 12.7 Å². The number of nitrogens with one attached hydrogen (secondary N) is 2. The Hall–Kier alpha value is -3.19. The molecule has 3 aromatic carbocycles. The Morgan fingerprint density at radius 1 is 0.800 bits per heavy atom. The van der Waals surface area contributed by atoms with Crippen LogP contribution in [0.3, 0.4) is 0 Å². The first-order chi connectivity index (χ1) is 14.5. The molecule has 0 amide bonds. The van der Waals surface area contributed by atoms with Gasteiger partial charge in [0.15, 0.2) is 0 Å². The largest absolute Gasteiger partial charge is 0.416 e. The van der Waals surface area contributed by atoms with Crippen molar-refractivity contribution in [2.75, 3.05) is 10.0 Å². The fourth-order valence-electron chi connectivity index (χ4n) is 2.94. The number of halogens is 3. The molecule has 0 saturated carbocycles. The van der Waals surface area contributed by atoms with E-state index in [9.17, 15) is 13.2 Å². The molecule has 0 saturated heterocycles. The second-order valence-corrected chi connectivity index (χ2v) is 7.51. The second kappa shape index (κ2) is 8.67. The molecule has 0 unspecified atom stereocenters. The van der Waals surface area contributed by atoms with E-state index in [1.54, 1.807) is 0 Å². The number of para-hydroxylation sites is 2. The van der Waals surface area contributed by atoms with Gasteiger partial charge in [-0.3, -0.25) is 0 Å². The smallest absolute Gasteiger partial charge is 0.379 e. The van der Waals surface area contributed by atoms with Crippen molar-refractivity contribution in [3.8, 4) is 0 Å². The second-order valence-electron chi connectivity index (χ2n) is 6.63. The lowest BCUT2D eigenvalue weighted by atomic mass is 10.1. The van der Waals surface area contributed by atoms with Gasteiger partial charge in [-0.2, -0.15) is 13.2 Å². The molecule has 0 radical (unpaired) electrons. The minimum absolute atomic E-state index is 0.584. The molecule has 2 N–H and O–H groups in total. The van der Waals surface area contributed by atoms with E-state index in [4.69, 9.17) is 4.98 Å². The van der Waals surface area contributed by atoms with Crippen LogP contribution in [0.5, 0.6) is 0 Å². The van der Waals surface area contributed by atoms with Crippen LogP contribution in [0.25, 0.3) is 10.9 Å². The zero-order valence-corrected chi connectivity index (χ0v) is 16.6. The number of hydrogen-bond donors (Lipinski definition) is 2. The van der Waals surface area contributed by atoms with Crippen molar-refractivity contribution in [2.24, 2.45) is 0 Å². The van der Waals surface area contributed by atoms with Crippen LogP contribution >= 0.6 is 11.9 Å². The van der Waals surface area contributed by atoms with E-state index in [0.29, 0.717) is 11.4 Å². The van der Waals surface area contributed by atoms with Crippen LogP contribution in [0, 0.1) is 0 Å². The molecule has 4 rings (SSSR count). The van der Waals surface area contributed by atoms with Crippen LogP contribution in [0.1, 0.15) is 11.3 Å². The lowest BCUT2D eigenvalue weighted by Gasteiger charge is -2.11. The summed E-state index contributed by atoms with van der Waals surface area (Å²) >= 11 is 1.25. The molecule has 0 spiro atoms. The minimum atomic E-state index is -4.33. The quantitative estimate of drug-likeness (QED) is 0.327. The Morgan fingerprint density at radius 3 is 2.30 bits per heavy atom.